The Morgan fingerprint density at radius 3 is 3.06 bits per heavy atom. The van der Waals surface area contributed by atoms with E-state index in [4.69, 9.17) is 5.26 Å². The zero-order valence-electron chi connectivity index (χ0n) is 9.16. The number of anilines is 2. The molecule has 0 fully saturated rings. The van der Waals surface area contributed by atoms with Crippen molar-refractivity contribution in [2.45, 2.75) is 13.3 Å². The summed E-state index contributed by atoms with van der Waals surface area (Å²) in [6.45, 7) is 3.10. The first-order valence-electron chi connectivity index (χ1n) is 5.28. The molecule has 0 aromatic heterocycles. The first-order valence-corrected chi connectivity index (χ1v) is 5.28. The maximum absolute atomic E-state index is 11.5. The average molecular weight is 215 g/mol. The van der Waals surface area contributed by atoms with Crippen LogP contribution in [0.25, 0.3) is 0 Å². The summed E-state index contributed by atoms with van der Waals surface area (Å²) in [4.78, 5) is 13.2. The van der Waals surface area contributed by atoms with Crippen LogP contribution in [0.2, 0.25) is 0 Å². The van der Waals surface area contributed by atoms with Gasteiger partial charge in [0.25, 0.3) is 0 Å². The molecule has 82 valence electrons. The number of nitrogens with zero attached hydrogens (tertiary/aromatic N) is 2. The molecular formula is C12H13N3O. The molecule has 0 unspecified atom stereocenters. The third kappa shape index (κ3) is 1.84. The summed E-state index contributed by atoms with van der Waals surface area (Å²) in [5.74, 6) is 0.0139. The van der Waals surface area contributed by atoms with Crippen LogP contribution in [0.15, 0.2) is 18.2 Å². The molecule has 0 spiro atoms. The van der Waals surface area contributed by atoms with Gasteiger partial charge < -0.3 is 10.2 Å². The van der Waals surface area contributed by atoms with E-state index in [1.807, 2.05) is 6.07 Å². The van der Waals surface area contributed by atoms with Gasteiger partial charge in [-0.1, -0.05) is 0 Å². The second-order valence-electron chi connectivity index (χ2n) is 3.79. The van der Waals surface area contributed by atoms with Gasteiger partial charge in [0.1, 0.15) is 0 Å². The van der Waals surface area contributed by atoms with Crippen molar-refractivity contribution in [3.05, 3.63) is 23.8 Å². The van der Waals surface area contributed by atoms with E-state index < -0.39 is 0 Å². The number of nitrogens with one attached hydrogen (secondary N) is 1. The zero-order valence-corrected chi connectivity index (χ0v) is 9.16. The average Bonchev–Trinajstić information content (AvgIpc) is 2.49. The van der Waals surface area contributed by atoms with Crippen molar-refractivity contribution >= 4 is 17.3 Å². The van der Waals surface area contributed by atoms with Crippen molar-refractivity contribution < 1.29 is 4.79 Å². The summed E-state index contributed by atoms with van der Waals surface area (Å²) in [7, 11) is 0. The maximum Gasteiger partial charge on any atom is 0.223 e. The monoisotopic (exact) mass is 215 g/mol. The standard InChI is InChI=1S/C12H13N3O/c1-9(16)15-6-2-5-14-11-4-3-10(8-13)7-12(11)15/h3-4,7,14H,2,5-6H2,1H3. The number of hydrogen-bond acceptors (Lipinski definition) is 3. The van der Waals surface area contributed by atoms with Crippen LogP contribution in [0.5, 0.6) is 0 Å². The van der Waals surface area contributed by atoms with E-state index in [0.29, 0.717) is 12.1 Å². The van der Waals surface area contributed by atoms with E-state index in [9.17, 15) is 4.79 Å². The van der Waals surface area contributed by atoms with Crippen molar-refractivity contribution in [3.8, 4) is 6.07 Å². The fraction of sp³-hybridized carbons (Fsp3) is 0.333. The second kappa shape index (κ2) is 4.23. The van der Waals surface area contributed by atoms with E-state index in [-0.39, 0.29) is 5.91 Å². The van der Waals surface area contributed by atoms with Crippen LogP contribution in [0.3, 0.4) is 0 Å². The largest absolute Gasteiger partial charge is 0.383 e. The lowest BCUT2D eigenvalue weighted by Gasteiger charge is -2.20. The van der Waals surface area contributed by atoms with E-state index in [0.717, 1.165) is 24.3 Å². The molecule has 4 heteroatoms. The predicted molar refractivity (Wildman–Crippen MR) is 62.3 cm³/mol. The number of nitriles is 1. The highest BCUT2D eigenvalue weighted by atomic mass is 16.2. The van der Waals surface area contributed by atoms with E-state index >= 15 is 0 Å². The Balaban J connectivity index is 2.50. The SMILES string of the molecule is CC(=O)N1CCCNc2ccc(C#N)cc21. The summed E-state index contributed by atoms with van der Waals surface area (Å²) in [5.41, 5.74) is 2.31. The van der Waals surface area contributed by atoms with Crippen LogP contribution in [0.1, 0.15) is 18.9 Å². The second-order valence-corrected chi connectivity index (χ2v) is 3.79. The molecule has 2 rings (SSSR count). The molecule has 1 aliphatic rings. The van der Waals surface area contributed by atoms with Gasteiger partial charge in [-0.05, 0) is 24.6 Å². The Labute approximate surface area is 94.5 Å². The lowest BCUT2D eigenvalue weighted by molar-refractivity contribution is -0.116. The van der Waals surface area contributed by atoms with Crippen molar-refractivity contribution in [2.75, 3.05) is 23.3 Å². The summed E-state index contributed by atoms with van der Waals surface area (Å²) in [5, 5.41) is 12.1. The molecule has 16 heavy (non-hydrogen) atoms. The van der Waals surface area contributed by atoms with Gasteiger partial charge in [-0.25, -0.2) is 0 Å². The smallest absolute Gasteiger partial charge is 0.223 e. The normalized spacial score (nSPS) is 14.4. The molecule has 1 aromatic carbocycles. The van der Waals surface area contributed by atoms with Crippen LogP contribution >= 0.6 is 0 Å². The van der Waals surface area contributed by atoms with Crippen LogP contribution in [-0.4, -0.2) is 19.0 Å². The Bertz CT molecular complexity index is 462. The van der Waals surface area contributed by atoms with Gasteiger partial charge in [0.2, 0.25) is 5.91 Å². The number of amides is 1. The number of fused-ring (bicyclic) bond motifs is 1. The summed E-state index contributed by atoms with van der Waals surface area (Å²) in [6, 6.07) is 7.47. The highest BCUT2D eigenvalue weighted by Gasteiger charge is 2.18. The summed E-state index contributed by atoms with van der Waals surface area (Å²) < 4.78 is 0. The molecule has 1 aromatic rings. The van der Waals surface area contributed by atoms with Gasteiger partial charge in [-0.15, -0.1) is 0 Å². The molecule has 0 saturated heterocycles. The summed E-state index contributed by atoms with van der Waals surface area (Å²) in [6.07, 6.45) is 0.913. The Morgan fingerprint density at radius 1 is 1.56 bits per heavy atom. The van der Waals surface area contributed by atoms with Crippen LogP contribution < -0.4 is 10.2 Å². The fourth-order valence-electron chi connectivity index (χ4n) is 1.88. The number of carbonyl (C=O) groups is 1. The lowest BCUT2D eigenvalue weighted by atomic mass is 10.1. The van der Waals surface area contributed by atoms with E-state index in [1.54, 1.807) is 24.0 Å². The first kappa shape index (κ1) is 10.5. The Kier molecular flexibility index (Phi) is 2.78. The Morgan fingerprint density at radius 2 is 2.38 bits per heavy atom. The Hall–Kier alpha value is -2.02. The lowest BCUT2D eigenvalue weighted by Crippen LogP contribution is -2.28. The van der Waals surface area contributed by atoms with Crippen LogP contribution in [0.4, 0.5) is 11.4 Å². The van der Waals surface area contributed by atoms with Crippen molar-refractivity contribution in [2.24, 2.45) is 0 Å². The fourth-order valence-corrected chi connectivity index (χ4v) is 1.88. The molecule has 0 aliphatic carbocycles. The van der Waals surface area contributed by atoms with Crippen molar-refractivity contribution in [3.63, 3.8) is 0 Å². The first-order chi connectivity index (χ1) is 7.72. The van der Waals surface area contributed by atoms with Crippen LogP contribution in [0, 0.1) is 11.3 Å². The molecule has 1 amide bonds. The van der Waals surface area contributed by atoms with Gasteiger partial charge in [0.05, 0.1) is 23.0 Å². The molecule has 1 aliphatic heterocycles. The summed E-state index contributed by atoms with van der Waals surface area (Å²) >= 11 is 0. The third-order valence-corrected chi connectivity index (χ3v) is 2.67. The van der Waals surface area contributed by atoms with E-state index in [1.165, 1.54) is 0 Å². The quantitative estimate of drug-likeness (QED) is 0.717. The third-order valence-electron chi connectivity index (χ3n) is 2.67. The molecule has 1 N–H and O–H groups in total. The number of rotatable bonds is 0. The van der Waals surface area contributed by atoms with Gasteiger partial charge in [0, 0.05) is 20.0 Å². The minimum atomic E-state index is 0.0139. The zero-order chi connectivity index (χ0) is 11.5. The molecule has 4 nitrogen and oxygen atoms in total. The number of benzene rings is 1. The minimum absolute atomic E-state index is 0.0139. The molecule has 1 heterocycles. The highest BCUT2D eigenvalue weighted by Crippen LogP contribution is 2.29. The molecule has 0 atom stereocenters. The van der Waals surface area contributed by atoms with Gasteiger partial charge in [0.15, 0.2) is 0 Å². The number of hydrogen-bond donors (Lipinski definition) is 1. The van der Waals surface area contributed by atoms with Gasteiger partial charge in [-0.3, -0.25) is 4.79 Å². The predicted octanol–water partition coefficient (Wildman–Crippen LogP) is 1.73. The highest BCUT2D eigenvalue weighted by molar-refractivity contribution is 5.95. The number of carbonyl (C=O) groups excluding carboxylic acids is 1. The molecule has 0 saturated carbocycles. The van der Waals surface area contributed by atoms with Gasteiger partial charge in [-0.2, -0.15) is 5.26 Å². The minimum Gasteiger partial charge on any atom is -0.383 e. The van der Waals surface area contributed by atoms with Gasteiger partial charge >= 0.3 is 0 Å². The molecular weight excluding hydrogens is 202 g/mol. The van der Waals surface area contributed by atoms with Crippen molar-refractivity contribution in [1.82, 2.24) is 0 Å². The molecule has 0 bridgehead atoms. The van der Waals surface area contributed by atoms with Crippen LogP contribution in [-0.2, 0) is 4.79 Å². The maximum atomic E-state index is 11.5. The molecule has 0 radical (unpaired) electrons. The van der Waals surface area contributed by atoms with Crippen molar-refractivity contribution in [1.29, 1.82) is 5.26 Å². The topological polar surface area (TPSA) is 56.1 Å². The van der Waals surface area contributed by atoms with E-state index in [2.05, 4.69) is 11.4 Å².